The van der Waals surface area contributed by atoms with E-state index in [1.165, 1.54) is 0 Å². The molecule has 0 saturated heterocycles. The van der Waals surface area contributed by atoms with Gasteiger partial charge in [0, 0.05) is 18.0 Å². The maximum Gasteiger partial charge on any atom is 0.255 e. The summed E-state index contributed by atoms with van der Waals surface area (Å²) in [6.45, 7) is 2.42. The standard InChI is InChI=1S/C19H19N3O3/c1-3-25-17-9-8-14(12-18(17)24-2)19(23)21-15-6-4-5-7-16(15)22-11-10-20-13-22/h4-13H,3H2,1-2H3,(H,21,23). The summed E-state index contributed by atoms with van der Waals surface area (Å²) in [4.78, 5) is 16.7. The zero-order valence-corrected chi connectivity index (χ0v) is 14.1. The van der Waals surface area contributed by atoms with Crippen LogP contribution in [0.25, 0.3) is 5.69 Å². The lowest BCUT2D eigenvalue weighted by Crippen LogP contribution is -2.14. The van der Waals surface area contributed by atoms with Crippen LogP contribution in [0.1, 0.15) is 17.3 Å². The molecule has 2 aromatic carbocycles. The minimum Gasteiger partial charge on any atom is -0.493 e. The lowest BCUT2D eigenvalue weighted by atomic mass is 10.1. The number of benzene rings is 2. The maximum atomic E-state index is 12.6. The number of nitrogens with zero attached hydrogens (tertiary/aromatic N) is 2. The van der Waals surface area contributed by atoms with Gasteiger partial charge in [-0.2, -0.15) is 0 Å². The molecule has 0 aliphatic rings. The molecule has 0 bridgehead atoms. The van der Waals surface area contributed by atoms with Gasteiger partial charge in [0.15, 0.2) is 11.5 Å². The van der Waals surface area contributed by atoms with E-state index in [9.17, 15) is 4.79 Å². The quantitative estimate of drug-likeness (QED) is 0.747. The van der Waals surface area contributed by atoms with Crippen molar-refractivity contribution < 1.29 is 14.3 Å². The molecule has 0 radical (unpaired) electrons. The number of imidazole rings is 1. The first kappa shape index (κ1) is 16.6. The molecule has 3 rings (SSSR count). The molecule has 1 heterocycles. The molecule has 128 valence electrons. The molecule has 0 atom stereocenters. The molecule has 0 unspecified atom stereocenters. The van der Waals surface area contributed by atoms with Crippen LogP contribution < -0.4 is 14.8 Å². The summed E-state index contributed by atoms with van der Waals surface area (Å²) in [6.07, 6.45) is 5.20. The predicted octanol–water partition coefficient (Wildman–Crippen LogP) is 3.53. The van der Waals surface area contributed by atoms with Crippen molar-refractivity contribution in [1.29, 1.82) is 0 Å². The van der Waals surface area contributed by atoms with Crippen LogP contribution in [0.3, 0.4) is 0 Å². The van der Waals surface area contributed by atoms with Crippen molar-refractivity contribution >= 4 is 11.6 Å². The SMILES string of the molecule is CCOc1ccc(C(=O)Nc2ccccc2-n2ccnc2)cc1OC. The minimum atomic E-state index is -0.228. The summed E-state index contributed by atoms with van der Waals surface area (Å²) in [7, 11) is 1.55. The molecule has 1 aromatic heterocycles. The third-order valence-electron chi connectivity index (χ3n) is 3.66. The van der Waals surface area contributed by atoms with E-state index in [1.807, 2.05) is 42.0 Å². The normalized spacial score (nSPS) is 10.3. The largest absolute Gasteiger partial charge is 0.493 e. The Hall–Kier alpha value is -3.28. The van der Waals surface area contributed by atoms with E-state index in [1.54, 1.807) is 37.8 Å². The maximum absolute atomic E-state index is 12.6. The van der Waals surface area contributed by atoms with Gasteiger partial charge in [-0.05, 0) is 37.3 Å². The summed E-state index contributed by atoms with van der Waals surface area (Å²) in [5, 5.41) is 2.93. The van der Waals surface area contributed by atoms with Crippen LogP contribution in [-0.2, 0) is 0 Å². The van der Waals surface area contributed by atoms with Crippen molar-refractivity contribution in [2.45, 2.75) is 6.92 Å². The molecule has 0 spiro atoms. The molecule has 0 fully saturated rings. The number of hydrogen-bond donors (Lipinski definition) is 1. The van der Waals surface area contributed by atoms with Crippen molar-refractivity contribution in [3.8, 4) is 17.2 Å². The number of methoxy groups -OCH3 is 1. The third kappa shape index (κ3) is 3.63. The molecular weight excluding hydrogens is 318 g/mol. The molecule has 6 heteroatoms. The third-order valence-corrected chi connectivity index (χ3v) is 3.66. The molecule has 25 heavy (non-hydrogen) atoms. The summed E-state index contributed by atoms with van der Waals surface area (Å²) < 4.78 is 12.6. The van der Waals surface area contributed by atoms with Crippen molar-refractivity contribution in [3.63, 3.8) is 0 Å². The van der Waals surface area contributed by atoms with Gasteiger partial charge in [-0.1, -0.05) is 12.1 Å². The zero-order valence-electron chi connectivity index (χ0n) is 14.1. The van der Waals surface area contributed by atoms with Crippen LogP contribution in [0.15, 0.2) is 61.2 Å². The van der Waals surface area contributed by atoms with Crippen LogP contribution in [-0.4, -0.2) is 29.2 Å². The van der Waals surface area contributed by atoms with E-state index in [2.05, 4.69) is 10.3 Å². The molecule has 0 aliphatic carbocycles. The topological polar surface area (TPSA) is 65.4 Å². The lowest BCUT2D eigenvalue weighted by Gasteiger charge is -2.13. The van der Waals surface area contributed by atoms with E-state index in [-0.39, 0.29) is 5.91 Å². The van der Waals surface area contributed by atoms with E-state index < -0.39 is 0 Å². The smallest absolute Gasteiger partial charge is 0.255 e. The Bertz CT molecular complexity index is 860. The summed E-state index contributed by atoms with van der Waals surface area (Å²) in [5.41, 5.74) is 2.02. The molecule has 1 amide bonds. The number of ether oxygens (including phenoxy) is 2. The van der Waals surface area contributed by atoms with Gasteiger partial charge in [0.1, 0.15) is 0 Å². The number of anilines is 1. The fourth-order valence-corrected chi connectivity index (χ4v) is 2.48. The molecule has 0 aliphatic heterocycles. The lowest BCUT2D eigenvalue weighted by molar-refractivity contribution is 0.102. The van der Waals surface area contributed by atoms with Gasteiger partial charge in [-0.25, -0.2) is 4.98 Å². The highest BCUT2D eigenvalue weighted by Gasteiger charge is 2.13. The first-order chi connectivity index (χ1) is 12.2. The number of para-hydroxylation sites is 2. The van der Waals surface area contributed by atoms with Crippen LogP contribution >= 0.6 is 0 Å². The number of carbonyl (C=O) groups excluding carboxylic acids is 1. The van der Waals surface area contributed by atoms with Crippen molar-refractivity contribution in [2.24, 2.45) is 0 Å². The Balaban J connectivity index is 1.86. The van der Waals surface area contributed by atoms with Crippen molar-refractivity contribution in [3.05, 3.63) is 66.7 Å². The van der Waals surface area contributed by atoms with Crippen molar-refractivity contribution in [2.75, 3.05) is 19.0 Å². The molecular formula is C19H19N3O3. The van der Waals surface area contributed by atoms with E-state index in [4.69, 9.17) is 9.47 Å². The average molecular weight is 337 g/mol. The van der Waals surface area contributed by atoms with Gasteiger partial charge in [-0.15, -0.1) is 0 Å². The van der Waals surface area contributed by atoms with Gasteiger partial charge < -0.3 is 19.4 Å². The Kier molecular flexibility index (Phi) is 4.99. The monoisotopic (exact) mass is 337 g/mol. The number of amides is 1. The van der Waals surface area contributed by atoms with Crippen molar-refractivity contribution in [1.82, 2.24) is 9.55 Å². The minimum absolute atomic E-state index is 0.228. The predicted molar refractivity (Wildman–Crippen MR) is 95.7 cm³/mol. The van der Waals surface area contributed by atoms with Gasteiger partial charge in [0.05, 0.1) is 31.4 Å². The number of hydrogen-bond acceptors (Lipinski definition) is 4. The Morgan fingerprint density at radius 2 is 2.04 bits per heavy atom. The second kappa shape index (κ2) is 7.53. The Labute approximate surface area is 146 Å². The summed E-state index contributed by atoms with van der Waals surface area (Å²) in [5.74, 6) is 0.909. The highest BCUT2D eigenvalue weighted by Crippen LogP contribution is 2.29. The zero-order chi connectivity index (χ0) is 17.6. The van der Waals surface area contributed by atoms with E-state index >= 15 is 0 Å². The highest BCUT2D eigenvalue weighted by molar-refractivity contribution is 6.05. The molecule has 6 nitrogen and oxygen atoms in total. The number of nitrogens with one attached hydrogen (secondary N) is 1. The fourth-order valence-electron chi connectivity index (χ4n) is 2.48. The van der Waals surface area contributed by atoms with Crippen LogP contribution in [0.5, 0.6) is 11.5 Å². The highest BCUT2D eigenvalue weighted by atomic mass is 16.5. The van der Waals surface area contributed by atoms with E-state index in [0.717, 1.165) is 5.69 Å². The van der Waals surface area contributed by atoms with Crippen LogP contribution in [0.4, 0.5) is 5.69 Å². The fraction of sp³-hybridized carbons (Fsp3) is 0.158. The van der Waals surface area contributed by atoms with Gasteiger partial charge in [0.25, 0.3) is 5.91 Å². The van der Waals surface area contributed by atoms with Crippen LogP contribution in [0.2, 0.25) is 0 Å². The first-order valence-electron chi connectivity index (χ1n) is 7.92. The summed E-state index contributed by atoms with van der Waals surface area (Å²) >= 11 is 0. The molecule has 1 N–H and O–H groups in total. The second-order valence-corrected chi connectivity index (χ2v) is 5.24. The second-order valence-electron chi connectivity index (χ2n) is 5.24. The Morgan fingerprint density at radius 1 is 1.20 bits per heavy atom. The molecule has 0 saturated carbocycles. The average Bonchev–Trinajstić information content (AvgIpc) is 3.17. The number of carbonyl (C=O) groups is 1. The van der Waals surface area contributed by atoms with Gasteiger partial charge in [-0.3, -0.25) is 4.79 Å². The van der Waals surface area contributed by atoms with E-state index in [0.29, 0.717) is 29.4 Å². The number of aromatic nitrogens is 2. The summed E-state index contributed by atoms with van der Waals surface area (Å²) in [6, 6.07) is 12.6. The number of rotatable bonds is 6. The van der Waals surface area contributed by atoms with Crippen LogP contribution in [0, 0.1) is 0 Å². The molecule has 3 aromatic rings. The Morgan fingerprint density at radius 3 is 2.76 bits per heavy atom. The first-order valence-corrected chi connectivity index (χ1v) is 7.92. The van der Waals surface area contributed by atoms with Gasteiger partial charge >= 0.3 is 0 Å². The van der Waals surface area contributed by atoms with Gasteiger partial charge in [0.2, 0.25) is 0 Å².